The van der Waals surface area contributed by atoms with Crippen molar-refractivity contribution >= 4 is 6.09 Å². The number of amides is 1. The van der Waals surface area contributed by atoms with Crippen molar-refractivity contribution in [1.29, 1.82) is 0 Å². The van der Waals surface area contributed by atoms with Gasteiger partial charge in [0.2, 0.25) is 0 Å². The second-order valence-corrected chi connectivity index (χ2v) is 6.88. The number of aromatic nitrogens is 2. The maximum atomic E-state index is 11.8. The summed E-state index contributed by atoms with van der Waals surface area (Å²) in [6, 6.07) is 8.26. The van der Waals surface area contributed by atoms with Gasteiger partial charge in [-0.1, -0.05) is 31.2 Å². The number of para-hydroxylation sites is 1. The van der Waals surface area contributed by atoms with Crippen LogP contribution in [0.5, 0.6) is 0 Å². The molecular weight excluding hydrogens is 326 g/mol. The van der Waals surface area contributed by atoms with Crippen LogP contribution >= 0.6 is 0 Å². The summed E-state index contributed by atoms with van der Waals surface area (Å²) in [5, 5.41) is 7.53. The number of benzene rings is 1. The molecule has 1 aromatic carbocycles. The summed E-state index contributed by atoms with van der Waals surface area (Å²) in [5.74, 6) is 0.219. The van der Waals surface area contributed by atoms with Gasteiger partial charge in [-0.3, -0.25) is 0 Å². The maximum Gasteiger partial charge on any atom is 0.407 e. The van der Waals surface area contributed by atoms with Crippen molar-refractivity contribution in [2.75, 3.05) is 6.54 Å². The molecule has 0 unspecified atom stereocenters. The number of hydrogen-bond acceptors (Lipinski definition) is 3. The van der Waals surface area contributed by atoms with Gasteiger partial charge in [0, 0.05) is 23.7 Å². The van der Waals surface area contributed by atoms with Gasteiger partial charge in [-0.25, -0.2) is 9.48 Å². The molecule has 0 saturated heterocycles. The van der Waals surface area contributed by atoms with Crippen molar-refractivity contribution < 1.29 is 9.53 Å². The molecule has 1 N–H and O–H groups in total. The molecule has 1 aromatic heterocycles. The molecule has 1 aliphatic carbocycles. The first kappa shape index (κ1) is 18.2. The Balaban J connectivity index is 1.76. The van der Waals surface area contributed by atoms with Gasteiger partial charge in [0.05, 0.1) is 11.4 Å². The molecule has 0 spiro atoms. The quantitative estimate of drug-likeness (QED) is 0.813. The van der Waals surface area contributed by atoms with Crippen molar-refractivity contribution in [2.45, 2.75) is 52.6 Å². The highest BCUT2D eigenvalue weighted by Gasteiger charge is 2.28. The van der Waals surface area contributed by atoms with Crippen molar-refractivity contribution in [3.63, 3.8) is 0 Å². The highest BCUT2D eigenvalue weighted by atomic mass is 16.6. The van der Waals surface area contributed by atoms with E-state index >= 15 is 0 Å². The summed E-state index contributed by atoms with van der Waals surface area (Å²) in [4.78, 5) is 11.8. The number of ether oxygens (including phenoxy) is 1. The van der Waals surface area contributed by atoms with Crippen LogP contribution in [0.4, 0.5) is 4.79 Å². The molecular formula is C21H27N3O2. The van der Waals surface area contributed by atoms with Crippen molar-refractivity contribution in [3.8, 4) is 5.69 Å². The van der Waals surface area contributed by atoms with E-state index in [2.05, 4.69) is 37.4 Å². The fraction of sp³-hybridized carbons (Fsp3) is 0.429. The minimum absolute atomic E-state index is 0.183. The van der Waals surface area contributed by atoms with E-state index in [-0.39, 0.29) is 18.1 Å². The zero-order chi connectivity index (χ0) is 18.7. The van der Waals surface area contributed by atoms with Crippen LogP contribution < -0.4 is 5.32 Å². The molecule has 26 heavy (non-hydrogen) atoms. The second kappa shape index (κ2) is 7.77. The Bertz CT molecular complexity index is 823. The summed E-state index contributed by atoms with van der Waals surface area (Å²) in [7, 11) is 0. The van der Waals surface area contributed by atoms with Gasteiger partial charge < -0.3 is 10.1 Å². The van der Waals surface area contributed by atoms with Gasteiger partial charge >= 0.3 is 6.09 Å². The predicted octanol–water partition coefficient (Wildman–Crippen LogP) is 4.35. The standard InChI is InChI=1S/C21H27N3O2/c1-5-12-22-21(25)26-18-11-10-17(13-18)20-15(3)23-24(16(20)4)19-9-7-6-8-14(19)2/h6-11,17-18H,5,12-13H2,1-4H3,(H,22,25)/t17-,18+/m0/s1. The topological polar surface area (TPSA) is 56.1 Å². The van der Waals surface area contributed by atoms with Crippen LogP contribution in [-0.2, 0) is 4.74 Å². The second-order valence-electron chi connectivity index (χ2n) is 6.88. The Morgan fingerprint density at radius 1 is 1.27 bits per heavy atom. The third kappa shape index (κ3) is 3.66. The largest absolute Gasteiger partial charge is 0.442 e. The molecule has 0 saturated carbocycles. The smallest absolute Gasteiger partial charge is 0.407 e. The molecule has 0 bridgehead atoms. The molecule has 1 heterocycles. The van der Waals surface area contributed by atoms with E-state index in [9.17, 15) is 4.79 Å². The SMILES string of the molecule is CCCNC(=O)O[C@@H]1C=C[C@H](c2c(C)nn(-c3ccccc3C)c2C)C1. The van der Waals surface area contributed by atoms with E-state index in [1.165, 1.54) is 11.1 Å². The third-order valence-electron chi connectivity index (χ3n) is 4.88. The zero-order valence-corrected chi connectivity index (χ0v) is 16.0. The molecule has 0 fully saturated rings. The van der Waals surface area contributed by atoms with Gasteiger partial charge in [-0.2, -0.15) is 5.10 Å². The van der Waals surface area contributed by atoms with Crippen LogP contribution in [0.2, 0.25) is 0 Å². The normalized spacial score (nSPS) is 18.9. The Labute approximate surface area is 155 Å². The van der Waals surface area contributed by atoms with Gasteiger partial charge in [0.25, 0.3) is 0 Å². The summed E-state index contributed by atoms with van der Waals surface area (Å²) < 4.78 is 7.52. The van der Waals surface area contributed by atoms with E-state index < -0.39 is 0 Å². The summed E-state index contributed by atoms with van der Waals surface area (Å²) >= 11 is 0. The number of alkyl carbamates (subject to hydrolysis) is 1. The van der Waals surface area contributed by atoms with Crippen LogP contribution in [0.25, 0.3) is 5.69 Å². The molecule has 0 radical (unpaired) electrons. The number of aryl methyl sites for hydroxylation is 2. The molecule has 3 rings (SSSR count). The molecule has 2 aromatic rings. The van der Waals surface area contributed by atoms with E-state index in [0.29, 0.717) is 6.54 Å². The van der Waals surface area contributed by atoms with Crippen LogP contribution in [0, 0.1) is 20.8 Å². The average Bonchev–Trinajstić information content (AvgIpc) is 3.17. The number of carbonyl (C=O) groups excluding carboxylic acids is 1. The highest BCUT2D eigenvalue weighted by molar-refractivity contribution is 5.67. The number of allylic oxidation sites excluding steroid dienone is 1. The van der Waals surface area contributed by atoms with Crippen molar-refractivity contribution in [1.82, 2.24) is 15.1 Å². The zero-order valence-electron chi connectivity index (χ0n) is 16.0. The Hall–Kier alpha value is -2.56. The number of nitrogens with one attached hydrogen (secondary N) is 1. The monoisotopic (exact) mass is 353 g/mol. The van der Waals surface area contributed by atoms with E-state index in [1.807, 2.05) is 36.7 Å². The Kier molecular flexibility index (Phi) is 5.45. The minimum Gasteiger partial charge on any atom is -0.442 e. The van der Waals surface area contributed by atoms with Crippen molar-refractivity contribution in [3.05, 3.63) is 58.9 Å². The Morgan fingerprint density at radius 3 is 2.77 bits per heavy atom. The fourth-order valence-electron chi connectivity index (χ4n) is 3.60. The molecule has 5 heteroatoms. The van der Waals surface area contributed by atoms with Crippen LogP contribution in [0.15, 0.2) is 36.4 Å². The first-order chi connectivity index (χ1) is 12.5. The summed E-state index contributed by atoms with van der Waals surface area (Å²) in [6.45, 7) is 8.91. The lowest BCUT2D eigenvalue weighted by Crippen LogP contribution is -2.28. The molecule has 0 aliphatic heterocycles. The molecule has 1 aliphatic rings. The van der Waals surface area contributed by atoms with Crippen molar-refractivity contribution in [2.24, 2.45) is 0 Å². The van der Waals surface area contributed by atoms with Gasteiger partial charge in [-0.05, 0) is 51.3 Å². The number of carbonyl (C=O) groups is 1. The molecule has 2 atom stereocenters. The van der Waals surface area contributed by atoms with E-state index in [0.717, 1.165) is 29.9 Å². The lowest BCUT2D eigenvalue weighted by atomic mass is 9.96. The summed E-state index contributed by atoms with van der Waals surface area (Å²) in [6.07, 6.45) is 5.26. The predicted molar refractivity (Wildman–Crippen MR) is 103 cm³/mol. The number of hydrogen-bond donors (Lipinski definition) is 1. The third-order valence-corrected chi connectivity index (χ3v) is 4.88. The summed E-state index contributed by atoms with van der Waals surface area (Å²) in [5.41, 5.74) is 5.69. The van der Waals surface area contributed by atoms with Gasteiger partial charge in [-0.15, -0.1) is 0 Å². The average molecular weight is 353 g/mol. The minimum atomic E-state index is -0.341. The first-order valence-electron chi connectivity index (χ1n) is 9.26. The fourth-order valence-corrected chi connectivity index (χ4v) is 3.60. The highest BCUT2D eigenvalue weighted by Crippen LogP contribution is 2.35. The molecule has 138 valence electrons. The van der Waals surface area contributed by atoms with Crippen LogP contribution in [0.3, 0.4) is 0 Å². The first-order valence-corrected chi connectivity index (χ1v) is 9.26. The Morgan fingerprint density at radius 2 is 2.04 bits per heavy atom. The van der Waals surface area contributed by atoms with Gasteiger partial charge in [0.15, 0.2) is 0 Å². The van der Waals surface area contributed by atoms with Crippen LogP contribution in [-0.4, -0.2) is 28.5 Å². The van der Waals surface area contributed by atoms with Gasteiger partial charge in [0.1, 0.15) is 6.10 Å². The van der Waals surface area contributed by atoms with E-state index in [1.54, 1.807) is 0 Å². The number of rotatable bonds is 5. The maximum absolute atomic E-state index is 11.8. The van der Waals surface area contributed by atoms with E-state index in [4.69, 9.17) is 9.84 Å². The lowest BCUT2D eigenvalue weighted by Gasteiger charge is -2.15. The molecule has 1 amide bonds. The van der Waals surface area contributed by atoms with Crippen LogP contribution in [0.1, 0.15) is 48.2 Å². The molecule has 5 nitrogen and oxygen atoms in total. The lowest BCUT2D eigenvalue weighted by molar-refractivity contribution is 0.118. The number of nitrogens with zero attached hydrogens (tertiary/aromatic N) is 2.